The van der Waals surface area contributed by atoms with Crippen molar-refractivity contribution in [1.82, 2.24) is 0 Å². The molecule has 2 aliphatic heterocycles. The summed E-state index contributed by atoms with van der Waals surface area (Å²) in [5, 5.41) is 8.99. The van der Waals surface area contributed by atoms with Gasteiger partial charge in [0.15, 0.2) is 0 Å². The maximum absolute atomic E-state index is 11.0. The minimum Gasteiger partial charge on any atom is -0.490 e. The molecular weight excluding hydrogens is 272 g/mol. The van der Waals surface area contributed by atoms with Gasteiger partial charge in [0, 0.05) is 25.9 Å². The number of benzene rings is 1. The minimum atomic E-state index is -0.919. The molecule has 2 aliphatic rings. The van der Waals surface area contributed by atoms with E-state index in [0.717, 1.165) is 37.2 Å². The number of carbonyl (C=O) groups is 1. The summed E-state index contributed by atoms with van der Waals surface area (Å²) >= 11 is 0. The van der Waals surface area contributed by atoms with Crippen LogP contribution in [0.25, 0.3) is 0 Å². The molecular formula is C16H20O5. The molecule has 1 aromatic carbocycles. The molecule has 5 nitrogen and oxygen atoms in total. The third kappa shape index (κ3) is 3.04. The zero-order valence-electron chi connectivity index (χ0n) is 12.1. The van der Waals surface area contributed by atoms with Crippen LogP contribution in [0.2, 0.25) is 0 Å². The van der Waals surface area contributed by atoms with E-state index in [4.69, 9.17) is 19.3 Å². The first-order chi connectivity index (χ1) is 10.1. The van der Waals surface area contributed by atoms with Crippen LogP contribution in [0.1, 0.15) is 35.2 Å². The van der Waals surface area contributed by atoms with Gasteiger partial charge in [-0.1, -0.05) is 0 Å². The SMILES string of the molecule is Cc1cc(C(=O)O)ccc1OC1CCOC2(CCOC2)C1. The van der Waals surface area contributed by atoms with Crippen molar-refractivity contribution in [3.63, 3.8) is 0 Å². The predicted octanol–water partition coefficient (Wildman–Crippen LogP) is 2.41. The Morgan fingerprint density at radius 2 is 2.29 bits per heavy atom. The van der Waals surface area contributed by atoms with Crippen LogP contribution in [-0.4, -0.2) is 42.6 Å². The fourth-order valence-corrected chi connectivity index (χ4v) is 3.04. The normalized spacial score (nSPS) is 28.7. The lowest BCUT2D eigenvalue weighted by Crippen LogP contribution is -2.44. The van der Waals surface area contributed by atoms with Crippen molar-refractivity contribution in [1.29, 1.82) is 0 Å². The Bertz CT molecular complexity index is 533. The van der Waals surface area contributed by atoms with E-state index in [1.807, 2.05) is 6.92 Å². The number of aryl methyl sites for hydroxylation is 1. The summed E-state index contributed by atoms with van der Waals surface area (Å²) in [6, 6.07) is 4.97. The molecule has 0 saturated carbocycles. The van der Waals surface area contributed by atoms with E-state index >= 15 is 0 Å². The molecule has 5 heteroatoms. The molecule has 2 fully saturated rings. The molecule has 21 heavy (non-hydrogen) atoms. The smallest absolute Gasteiger partial charge is 0.335 e. The molecule has 0 amide bonds. The third-order valence-corrected chi connectivity index (χ3v) is 4.23. The number of ether oxygens (including phenoxy) is 3. The lowest BCUT2D eigenvalue weighted by atomic mass is 9.91. The number of carboxylic acids is 1. The standard InChI is InChI=1S/C16H20O5/c1-11-8-12(15(17)18)2-3-14(11)21-13-4-6-20-16(9-13)5-7-19-10-16/h2-3,8,13H,4-7,9-10H2,1H3,(H,17,18). The second kappa shape index (κ2) is 5.66. The van der Waals surface area contributed by atoms with Crippen molar-refractivity contribution in [2.75, 3.05) is 19.8 Å². The molecule has 2 heterocycles. The van der Waals surface area contributed by atoms with E-state index in [1.54, 1.807) is 18.2 Å². The average Bonchev–Trinajstić information content (AvgIpc) is 2.89. The van der Waals surface area contributed by atoms with Crippen molar-refractivity contribution < 1.29 is 24.1 Å². The maximum Gasteiger partial charge on any atom is 0.335 e. The van der Waals surface area contributed by atoms with Crippen LogP contribution < -0.4 is 4.74 Å². The van der Waals surface area contributed by atoms with E-state index in [0.29, 0.717) is 13.2 Å². The zero-order chi connectivity index (χ0) is 14.9. The number of hydrogen-bond acceptors (Lipinski definition) is 4. The Labute approximate surface area is 123 Å². The van der Waals surface area contributed by atoms with Crippen LogP contribution in [0.3, 0.4) is 0 Å². The molecule has 3 rings (SSSR count). The van der Waals surface area contributed by atoms with Crippen molar-refractivity contribution in [2.45, 2.75) is 37.9 Å². The summed E-state index contributed by atoms with van der Waals surface area (Å²) in [6.07, 6.45) is 2.69. The summed E-state index contributed by atoms with van der Waals surface area (Å²) in [4.78, 5) is 11.0. The quantitative estimate of drug-likeness (QED) is 0.926. The molecule has 2 saturated heterocycles. The number of carboxylic acid groups (broad SMARTS) is 1. The van der Waals surface area contributed by atoms with Gasteiger partial charge >= 0.3 is 5.97 Å². The number of aromatic carboxylic acids is 1. The topological polar surface area (TPSA) is 65.0 Å². The highest BCUT2D eigenvalue weighted by Gasteiger charge is 2.41. The Balaban J connectivity index is 1.70. The lowest BCUT2D eigenvalue weighted by Gasteiger charge is -2.37. The highest BCUT2D eigenvalue weighted by molar-refractivity contribution is 5.88. The number of hydrogen-bond donors (Lipinski definition) is 1. The Hall–Kier alpha value is -1.59. The Morgan fingerprint density at radius 1 is 1.43 bits per heavy atom. The van der Waals surface area contributed by atoms with Gasteiger partial charge in [0.1, 0.15) is 11.9 Å². The fraction of sp³-hybridized carbons (Fsp3) is 0.562. The second-order valence-electron chi connectivity index (χ2n) is 5.85. The third-order valence-electron chi connectivity index (χ3n) is 4.23. The first-order valence-corrected chi connectivity index (χ1v) is 7.30. The van der Waals surface area contributed by atoms with Gasteiger partial charge < -0.3 is 19.3 Å². The first-order valence-electron chi connectivity index (χ1n) is 7.30. The Morgan fingerprint density at radius 3 is 2.95 bits per heavy atom. The van der Waals surface area contributed by atoms with Crippen molar-refractivity contribution in [3.8, 4) is 5.75 Å². The fourth-order valence-electron chi connectivity index (χ4n) is 3.04. The van der Waals surface area contributed by atoms with Gasteiger partial charge in [-0.25, -0.2) is 4.79 Å². The molecule has 0 radical (unpaired) electrons. The van der Waals surface area contributed by atoms with Gasteiger partial charge in [-0.3, -0.25) is 0 Å². The van der Waals surface area contributed by atoms with Gasteiger partial charge in [0.25, 0.3) is 0 Å². The molecule has 2 unspecified atom stereocenters. The lowest BCUT2D eigenvalue weighted by molar-refractivity contribution is -0.112. The second-order valence-corrected chi connectivity index (χ2v) is 5.85. The van der Waals surface area contributed by atoms with Crippen LogP contribution in [0.5, 0.6) is 5.75 Å². The molecule has 1 N–H and O–H groups in total. The minimum absolute atomic E-state index is 0.0924. The zero-order valence-corrected chi connectivity index (χ0v) is 12.1. The average molecular weight is 292 g/mol. The highest BCUT2D eigenvalue weighted by Crippen LogP contribution is 2.35. The van der Waals surface area contributed by atoms with Crippen molar-refractivity contribution >= 4 is 5.97 Å². The monoisotopic (exact) mass is 292 g/mol. The molecule has 114 valence electrons. The van der Waals surface area contributed by atoms with E-state index < -0.39 is 5.97 Å². The molecule has 0 bridgehead atoms. The van der Waals surface area contributed by atoms with E-state index in [9.17, 15) is 4.79 Å². The summed E-state index contributed by atoms with van der Waals surface area (Å²) < 4.78 is 17.4. The van der Waals surface area contributed by atoms with Gasteiger partial charge in [0.2, 0.25) is 0 Å². The van der Waals surface area contributed by atoms with Crippen molar-refractivity contribution in [3.05, 3.63) is 29.3 Å². The van der Waals surface area contributed by atoms with Crippen LogP contribution in [0, 0.1) is 6.92 Å². The van der Waals surface area contributed by atoms with Crippen LogP contribution >= 0.6 is 0 Å². The molecule has 0 aliphatic carbocycles. The van der Waals surface area contributed by atoms with E-state index in [-0.39, 0.29) is 17.3 Å². The van der Waals surface area contributed by atoms with Crippen LogP contribution in [0.15, 0.2) is 18.2 Å². The number of rotatable bonds is 3. The Kier molecular flexibility index (Phi) is 3.87. The van der Waals surface area contributed by atoms with Gasteiger partial charge in [0.05, 0.1) is 24.4 Å². The van der Waals surface area contributed by atoms with Gasteiger partial charge in [-0.2, -0.15) is 0 Å². The van der Waals surface area contributed by atoms with Gasteiger partial charge in [-0.05, 0) is 30.7 Å². The summed E-state index contributed by atoms with van der Waals surface area (Å²) in [6.45, 7) is 3.94. The van der Waals surface area contributed by atoms with Gasteiger partial charge in [-0.15, -0.1) is 0 Å². The predicted molar refractivity (Wildman–Crippen MR) is 75.9 cm³/mol. The molecule has 1 aromatic rings. The molecule has 1 spiro atoms. The first kappa shape index (κ1) is 14.4. The molecule has 2 atom stereocenters. The maximum atomic E-state index is 11.0. The van der Waals surface area contributed by atoms with Crippen LogP contribution in [-0.2, 0) is 9.47 Å². The van der Waals surface area contributed by atoms with E-state index in [1.165, 1.54) is 0 Å². The van der Waals surface area contributed by atoms with Crippen molar-refractivity contribution in [2.24, 2.45) is 0 Å². The van der Waals surface area contributed by atoms with E-state index in [2.05, 4.69) is 0 Å². The summed E-state index contributed by atoms with van der Waals surface area (Å²) in [7, 11) is 0. The van der Waals surface area contributed by atoms with Crippen LogP contribution in [0.4, 0.5) is 0 Å². The molecule has 0 aromatic heterocycles. The summed E-state index contributed by atoms with van der Waals surface area (Å²) in [5.41, 5.74) is 0.947. The largest absolute Gasteiger partial charge is 0.490 e. The highest BCUT2D eigenvalue weighted by atomic mass is 16.6. The summed E-state index contributed by atoms with van der Waals surface area (Å²) in [5.74, 6) is -0.168.